The molecule has 9 heteroatoms. The van der Waals surface area contributed by atoms with Gasteiger partial charge in [-0.15, -0.1) is 5.10 Å². The Hall–Kier alpha value is -4.14. The largest absolute Gasteiger partial charge is 0.368 e. The van der Waals surface area contributed by atoms with Crippen molar-refractivity contribution in [1.29, 1.82) is 0 Å². The van der Waals surface area contributed by atoms with Crippen molar-refractivity contribution < 1.29 is 0 Å². The first-order chi connectivity index (χ1) is 18.1. The zero-order valence-corrected chi connectivity index (χ0v) is 21.5. The molecule has 192 valence electrons. The minimum absolute atomic E-state index is 0.0159. The Morgan fingerprint density at radius 2 is 1.86 bits per heavy atom. The molecule has 0 fully saturated rings. The molecule has 0 radical (unpaired) electrons. The molecule has 1 aliphatic heterocycles. The van der Waals surface area contributed by atoms with E-state index in [4.69, 9.17) is 0 Å². The van der Waals surface area contributed by atoms with E-state index in [0.717, 1.165) is 61.3 Å². The zero-order chi connectivity index (χ0) is 25.7. The highest BCUT2D eigenvalue weighted by Crippen LogP contribution is 2.33. The predicted molar refractivity (Wildman–Crippen MR) is 144 cm³/mol. The van der Waals surface area contributed by atoms with Gasteiger partial charge in [0.2, 0.25) is 0 Å². The van der Waals surface area contributed by atoms with Crippen molar-refractivity contribution in [2.75, 3.05) is 0 Å². The molecule has 0 aliphatic carbocycles. The fraction of sp³-hybridized carbons (Fsp3) is 0.357. The fourth-order valence-electron chi connectivity index (χ4n) is 4.95. The second-order valence-corrected chi connectivity index (χ2v) is 9.58. The van der Waals surface area contributed by atoms with Crippen LogP contribution in [0.15, 0.2) is 78.1 Å². The molecular formula is C28H34N8O. The summed E-state index contributed by atoms with van der Waals surface area (Å²) in [4.78, 5) is 14.0. The number of nitrogens with one attached hydrogen (secondary N) is 2. The van der Waals surface area contributed by atoms with Crippen LogP contribution in [0, 0.1) is 0 Å². The molecule has 0 unspecified atom stereocenters. The first-order valence-electron chi connectivity index (χ1n) is 13.1. The van der Waals surface area contributed by atoms with Crippen molar-refractivity contribution in [3.05, 3.63) is 95.1 Å². The van der Waals surface area contributed by atoms with Gasteiger partial charge < -0.3 is 9.88 Å². The summed E-state index contributed by atoms with van der Waals surface area (Å²) in [6.45, 7) is 5.74. The summed E-state index contributed by atoms with van der Waals surface area (Å²) in [5.74, 6) is 1.53. The summed E-state index contributed by atoms with van der Waals surface area (Å²) < 4.78 is 5.95. The molecule has 9 nitrogen and oxygen atoms in total. The maximum Gasteiger partial charge on any atom is 0.334 e. The van der Waals surface area contributed by atoms with E-state index in [0.29, 0.717) is 12.4 Å². The van der Waals surface area contributed by atoms with Gasteiger partial charge in [-0.25, -0.2) is 9.89 Å². The third-order valence-electron chi connectivity index (χ3n) is 7.05. The molecular weight excluding hydrogens is 464 g/mol. The number of H-pyrrole nitrogens is 1. The van der Waals surface area contributed by atoms with Crippen LogP contribution in [0.25, 0.3) is 17.2 Å². The van der Waals surface area contributed by atoms with Gasteiger partial charge in [-0.1, -0.05) is 57.0 Å². The maximum atomic E-state index is 14.0. The first kappa shape index (κ1) is 24.5. The topological polar surface area (TPSA) is 98.3 Å². The number of imidazole rings is 1. The van der Waals surface area contributed by atoms with Crippen LogP contribution in [0.3, 0.4) is 0 Å². The summed E-state index contributed by atoms with van der Waals surface area (Å²) in [5, 5.41) is 17.5. The number of hydrogen-bond donors (Lipinski definition) is 2. The Labute approximate surface area is 216 Å². The lowest BCUT2D eigenvalue weighted by Gasteiger charge is -2.31. The number of allylic oxidation sites excluding steroid dienone is 2. The van der Waals surface area contributed by atoms with E-state index in [1.807, 2.05) is 52.0 Å². The average Bonchev–Trinajstić information content (AvgIpc) is 3.69. The minimum Gasteiger partial charge on any atom is -0.368 e. The predicted octanol–water partition coefficient (Wildman–Crippen LogP) is 4.33. The smallest absolute Gasteiger partial charge is 0.334 e. The quantitative estimate of drug-likeness (QED) is 0.321. The molecule has 3 aromatic heterocycles. The molecule has 0 saturated carbocycles. The third kappa shape index (κ3) is 4.94. The van der Waals surface area contributed by atoms with Crippen molar-refractivity contribution in [2.45, 2.75) is 64.5 Å². The van der Waals surface area contributed by atoms with Crippen LogP contribution in [0.1, 0.15) is 50.8 Å². The molecule has 0 atom stereocenters. The molecule has 2 N–H and O–H groups in total. The van der Waals surface area contributed by atoms with Crippen LogP contribution >= 0.6 is 0 Å². The molecule has 4 aromatic rings. The summed E-state index contributed by atoms with van der Waals surface area (Å²) in [5.41, 5.74) is 2.47. The van der Waals surface area contributed by atoms with E-state index in [-0.39, 0.29) is 5.69 Å². The van der Waals surface area contributed by atoms with E-state index in [9.17, 15) is 4.79 Å². The fourth-order valence-corrected chi connectivity index (χ4v) is 4.95. The average molecular weight is 499 g/mol. The first-order valence-corrected chi connectivity index (χ1v) is 13.1. The van der Waals surface area contributed by atoms with Crippen molar-refractivity contribution in [2.24, 2.45) is 0 Å². The van der Waals surface area contributed by atoms with Gasteiger partial charge in [-0.05, 0) is 65.9 Å². The Morgan fingerprint density at radius 3 is 2.62 bits per heavy atom. The third-order valence-corrected chi connectivity index (χ3v) is 7.05. The molecule has 4 heterocycles. The molecule has 0 amide bonds. The Balaban J connectivity index is 1.59. The molecule has 5 rings (SSSR count). The second-order valence-electron chi connectivity index (χ2n) is 9.58. The van der Waals surface area contributed by atoms with Crippen LogP contribution in [0.2, 0.25) is 0 Å². The van der Waals surface area contributed by atoms with E-state index in [1.54, 1.807) is 0 Å². The summed E-state index contributed by atoms with van der Waals surface area (Å²) in [7, 11) is 0. The SMILES string of the molecule is CCCCc1cn(-c2cccn2CCCC)c(=O)n1CC1(c2cccc(-c3nnn[nH]3)c2)C=CNC=C1. The van der Waals surface area contributed by atoms with Gasteiger partial charge in [0.15, 0.2) is 5.82 Å². The van der Waals surface area contributed by atoms with Gasteiger partial charge in [0, 0.05) is 36.7 Å². The van der Waals surface area contributed by atoms with Gasteiger partial charge in [-0.2, -0.15) is 0 Å². The van der Waals surface area contributed by atoms with Gasteiger partial charge in [0.25, 0.3) is 0 Å². The number of tetrazole rings is 1. The highest BCUT2D eigenvalue weighted by Gasteiger charge is 2.31. The minimum atomic E-state index is -0.518. The van der Waals surface area contributed by atoms with Crippen LogP contribution in [0.4, 0.5) is 0 Å². The van der Waals surface area contributed by atoms with Crippen molar-refractivity contribution in [3.63, 3.8) is 0 Å². The normalized spacial score (nSPS) is 14.2. The second kappa shape index (κ2) is 10.9. The van der Waals surface area contributed by atoms with Crippen LogP contribution in [-0.4, -0.2) is 34.3 Å². The van der Waals surface area contributed by atoms with E-state index in [2.05, 4.69) is 74.8 Å². The van der Waals surface area contributed by atoms with Crippen LogP contribution < -0.4 is 11.0 Å². The number of rotatable bonds is 11. The molecule has 1 aromatic carbocycles. The standard InChI is InChI=1S/C28H34N8O/c1-3-5-11-24-20-35(25-12-8-18-34(25)17-6-4-2)27(37)36(24)21-28(13-15-29-16-14-28)23-10-7-9-22(19-23)26-30-32-33-31-26/h7-10,12-16,18-20,29H,3-6,11,17,21H2,1-2H3,(H,30,31,32,33). The number of aromatic amines is 1. The van der Waals surface area contributed by atoms with Gasteiger partial charge in [0.05, 0.1) is 5.41 Å². The van der Waals surface area contributed by atoms with Crippen LogP contribution in [-0.2, 0) is 24.9 Å². The highest BCUT2D eigenvalue weighted by atomic mass is 16.1. The number of unbranched alkanes of at least 4 members (excludes halogenated alkanes) is 2. The summed E-state index contributed by atoms with van der Waals surface area (Å²) in [6, 6.07) is 12.2. The Morgan fingerprint density at radius 1 is 1.03 bits per heavy atom. The number of aryl methyl sites for hydroxylation is 2. The summed E-state index contributed by atoms with van der Waals surface area (Å²) in [6.07, 6.45) is 17.3. The van der Waals surface area contributed by atoms with E-state index >= 15 is 0 Å². The molecule has 37 heavy (non-hydrogen) atoms. The summed E-state index contributed by atoms with van der Waals surface area (Å²) >= 11 is 0. The molecule has 1 aliphatic rings. The number of benzene rings is 1. The monoisotopic (exact) mass is 498 g/mol. The number of dihydropyridines is 1. The zero-order valence-electron chi connectivity index (χ0n) is 21.5. The number of nitrogens with zero attached hydrogens (tertiary/aromatic N) is 6. The maximum absolute atomic E-state index is 14.0. The lowest BCUT2D eigenvalue weighted by molar-refractivity contribution is 0.495. The van der Waals surface area contributed by atoms with Gasteiger partial charge >= 0.3 is 5.69 Å². The van der Waals surface area contributed by atoms with Gasteiger partial charge in [0.1, 0.15) is 5.82 Å². The van der Waals surface area contributed by atoms with Gasteiger partial charge in [-0.3, -0.25) is 9.13 Å². The highest BCUT2D eigenvalue weighted by molar-refractivity contribution is 5.57. The number of aromatic nitrogens is 7. The van der Waals surface area contributed by atoms with Crippen molar-refractivity contribution in [3.8, 4) is 17.2 Å². The lowest BCUT2D eigenvalue weighted by atomic mass is 9.78. The number of hydrogen-bond acceptors (Lipinski definition) is 5. The molecule has 0 saturated heterocycles. The van der Waals surface area contributed by atoms with E-state index < -0.39 is 5.41 Å². The molecule has 0 spiro atoms. The van der Waals surface area contributed by atoms with Crippen molar-refractivity contribution in [1.82, 2.24) is 39.6 Å². The Bertz CT molecular complexity index is 1420. The van der Waals surface area contributed by atoms with E-state index in [1.165, 1.54) is 0 Å². The Kier molecular flexibility index (Phi) is 7.20. The molecule has 0 bridgehead atoms. The van der Waals surface area contributed by atoms with Crippen LogP contribution in [0.5, 0.6) is 0 Å². The lowest BCUT2D eigenvalue weighted by Crippen LogP contribution is -2.36. The van der Waals surface area contributed by atoms with Crippen molar-refractivity contribution >= 4 is 0 Å².